The lowest BCUT2D eigenvalue weighted by Crippen LogP contribution is -2.19. The van der Waals surface area contributed by atoms with Gasteiger partial charge in [-0.1, -0.05) is 0 Å². The molecule has 0 spiro atoms. The molecule has 23 heavy (non-hydrogen) atoms. The Labute approximate surface area is 134 Å². The third kappa shape index (κ3) is 5.51. The van der Waals surface area contributed by atoms with Gasteiger partial charge in [0.1, 0.15) is 5.75 Å². The molecule has 3 N–H and O–H groups in total. The Morgan fingerprint density at radius 1 is 0.870 bits per heavy atom. The zero-order chi connectivity index (χ0) is 16.9. The largest absolute Gasteiger partial charge is 0.497 e. The van der Waals surface area contributed by atoms with Crippen LogP contribution < -0.4 is 20.1 Å². The number of nitrogens with one attached hydrogen (secondary N) is 3. The van der Waals surface area contributed by atoms with Crippen molar-refractivity contribution in [3.63, 3.8) is 0 Å². The number of anilines is 3. The van der Waals surface area contributed by atoms with Gasteiger partial charge in [0.05, 0.1) is 13.4 Å². The number of urea groups is 1. The van der Waals surface area contributed by atoms with Crippen molar-refractivity contribution < 1.29 is 17.9 Å². The predicted octanol–water partition coefficient (Wildman–Crippen LogP) is 2.71. The van der Waals surface area contributed by atoms with Crippen LogP contribution >= 0.6 is 0 Å². The van der Waals surface area contributed by atoms with Crippen molar-refractivity contribution in [3.8, 4) is 5.75 Å². The molecule has 7 nitrogen and oxygen atoms in total. The molecular weight excluding hydrogens is 318 g/mol. The van der Waals surface area contributed by atoms with Crippen LogP contribution in [0, 0.1) is 0 Å². The van der Waals surface area contributed by atoms with E-state index in [9.17, 15) is 13.2 Å². The maximum Gasteiger partial charge on any atom is 0.323 e. The molecule has 0 saturated heterocycles. The quantitative estimate of drug-likeness (QED) is 0.782. The number of carbonyl (C=O) groups is 1. The maximum absolute atomic E-state index is 11.9. The second-order valence-corrected chi connectivity index (χ2v) is 6.51. The number of ether oxygens (including phenoxy) is 1. The Kier molecular flexibility index (Phi) is 5.07. The van der Waals surface area contributed by atoms with Gasteiger partial charge in [-0.3, -0.25) is 4.72 Å². The molecule has 2 rings (SSSR count). The first-order chi connectivity index (χ1) is 10.9. The van der Waals surface area contributed by atoms with Gasteiger partial charge in [-0.25, -0.2) is 13.2 Å². The van der Waals surface area contributed by atoms with Crippen LogP contribution in [0.1, 0.15) is 0 Å². The monoisotopic (exact) mass is 335 g/mol. The average molecular weight is 335 g/mol. The molecule has 0 atom stereocenters. The average Bonchev–Trinajstić information content (AvgIpc) is 2.48. The first-order valence-electron chi connectivity index (χ1n) is 6.65. The van der Waals surface area contributed by atoms with E-state index in [1.54, 1.807) is 55.6 Å². The summed E-state index contributed by atoms with van der Waals surface area (Å²) in [7, 11) is -1.75. The Morgan fingerprint density at radius 2 is 1.30 bits per heavy atom. The van der Waals surface area contributed by atoms with Crippen LogP contribution in [0.15, 0.2) is 48.5 Å². The summed E-state index contributed by atoms with van der Waals surface area (Å²) in [5.74, 6) is 0.699. The zero-order valence-corrected chi connectivity index (χ0v) is 13.5. The summed E-state index contributed by atoms with van der Waals surface area (Å²) >= 11 is 0. The van der Waals surface area contributed by atoms with E-state index in [1.165, 1.54) is 0 Å². The molecule has 2 amide bonds. The van der Waals surface area contributed by atoms with Crippen LogP contribution in [-0.4, -0.2) is 27.8 Å². The molecule has 0 aliphatic carbocycles. The van der Waals surface area contributed by atoms with E-state index in [4.69, 9.17) is 4.74 Å². The summed E-state index contributed by atoms with van der Waals surface area (Å²) in [6.07, 6.45) is 1.07. The second-order valence-electron chi connectivity index (χ2n) is 4.76. The molecule has 0 saturated carbocycles. The second kappa shape index (κ2) is 7.01. The lowest BCUT2D eigenvalue weighted by Gasteiger charge is -2.09. The van der Waals surface area contributed by atoms with Crippen molar-refractivity contribution in [2.45, 2.75) is 0 Å². The van der Waals surface area contributed by atoms with E-state index < -0.39 is 16.1 Å². The molecule has 0 bridgehead atoms. The number of carbonyl (C=O) groups excluding carboxylic acids is 1. The van der Waals surface area contributed by atoms with Crippen molar-refractivity contribution in [1.82, 2.24) is 0 Å². The van der Waals surface area contributed by atoms with Crippen LogP contribution in [0.5, 0.6) is 5.75 Å². The van der Waals surface area contributed by atoms with E-state index in [1.807, 2.05) is 0 Å². The number of rotatable bonds is 5. The predicted molar refractivity (Wildman–Crippen MR) is 90.5 cm³/mol. The van der Waals surface area contributed by atoms with Crippen molar-refractivity contribution in [2.24, 2.45) is 0 Å². The van der Waals surface area contributed by atoms with Gasteiger partial charge in [-0.05, 0) is 48.5 Å². The third-order valence-corrected chi connectivity index (χ3v) is 3.40. The highest BCUT2D eigenvalue weighted by molar-refractivity contribution is 7.92. The van der Waals surface area contributed by atoms with Gasteiger partial charge in [0.25, 0.3) is 0 Å². The summed E-state index contributed by atoms with van der Waals surface area (Å²) < 4.78 is 29.6. The standard InChI is InChI=1S/C15H17N3O4S/c1-22-14-9-7-12(8-10-14)17-15(19)16-11-3-5-13(6-4-11)18-23(2,20)21/h3-10,18H,1-2H3,(H2,16,17,19). The van der Waals surface area contributed by atoms with E-state index in [2.05, 4.69) is 15.4 Å². The first-order valence-corrected chi connectivity index (χ1v) is 8.55. The summed E-state index contributed by atoms with van der Waals surface area (Å²) in [5.41, 5.74) is 1.59. The summed E-state index contributed by atoms with van der Waals surface area (Å²) in [4.78, 5) is 11.9. The molecule has 0 radical (unpaired) electrons. The molecule has 2 aromatic carbocycles. The van der Waals surface area contributed by atoms with Gasteiger partial charge in [0.15, 0.2) is 0 Å². The number of sulfonamides is 1. The van der Waals surface area contributed by atoms with Gasteiger partial charge < -0.3 is 15.4 Å². The third-order valence-electron chi connectivity index (χ3n) is 2.79. The molecule has 0 aliphatic rings. The highest BCUT2D eigenvalue weighted by Crippen LogP contribution is 2.17. The van der Waals surface area contributed by atoms with Crippen molar-refractivity contribution in [1.29, 1.82) is 0 Å². The minimum absolute atomic E-state index is 0.404. The fourth-order valence-corrected chi connectivity index (χ4v) is 2.37. The molecule has 8 heteroatoms. The summed E-state index contributed by atoms with van der Waals surface area (Å²) in [5, 5.41) is 5.33. The van der Waals surface area contributed by atoms with Crippen molar-refractivity contribution in [3.05, 3.63) is 48.5 Å². The van der Waals surface area contributed by atoms with E-state index in [-0.39, 0.29) is 0 Å². The van der Waals surface area contributed by atoms with Gasteiger partial charge in [-0.15, -0.1) is 0 Å². The Bertz CT molecular complexity index is 771. The molecule has 0 fully saturated rings. The number of methoxy groups -OCH3 is 1. The summed E-state index contributed by atoms with van der Waals surface area (Å²) in [6, 6.07) is 12.8. The minimum Gasteiger partial charge on any atom is -0.497 e. The normalized spacial score (nSPS) is 10.7. The molecule has 0 aliphatic heterocycles. The van der Waals surface area contributed by atoms with E-state index in [0.717, 1.165) is 6.26 Å². The van der Waals surface area contributed by atoms with Crippen LogP contribution in [0.3, 0.4) is 0 Å². The van der Waals surface area contributed by atoms with Crippen LogP contribution in [0.4, 0.5) is 21.9 Å². The van der Waals surface area contributed by atoms with Crippen LogP contribution in [-0.2, 0) is 10.0 Å². The van der Waals surface area contributed by atoms with Crippen molar-refractivity contribution in [2.75, 3.05) is 28.7 Å². The molecule has 0 heterocycles. The Hall–Kier alpha value is -2.74. The maximum atomic E-state index is 11.9. The van der Waals surface area contributed by atoms with Gasteiger partial charge in [0, 0.05) is 17.1 Å². The fourth-order valence-electron chi connectivity index (χ4n) is 1.80. The van der Waals surface area contributed by atoms with Gasteiger partial charge >= 0.3 is 6.03 Å². The van der Waals surface area contributed by atoms with Crippen LogP contribution in [0.25, 0.3) is 0 Å². The van der Waals surface area contributed by atoms with E-state index in [0.29, 0.717) is 22.8 Å². The number of hydrogen-bond acceptors (Lipinski definition) is 4. The zero-order valence-electron chi connectivity index (χ0n) is 12.7. The molecule has 2 aromatic rings. The Morgan fingerprint density at radius 3 is 1.74 bits per heavy atom. The van der Waals surface area contributed by atoms with Gasteiger partial charge in [0.2, 0.25) is 10.0 Å². The minimum atomic E-state index is -3.32. The topological polar surface area (TPSA) is 96.5 Å². The molecule has 0 unspecified atom stereocenters. The van der Waals surface area contributed by atoms with Gasteiger partial charge in [-0.2, -0.15) is 0 Å². The van der Waals surface area contributed by atoms with E-state index >= 15 is 0 Å². The Balaban J connectivity index is 1.94. The molecule has 122 valence electrons. The smallest absolute Gasteiger partial charge is 0.323 e. The highest BCUT2D eigenvalue weighted by atomic mass is 32.2. The SMILES string of the molecule is COc1ccc(NC(=O)Nc2ccc(NS(C)(=O)=O)cc2)cc1. The first kappa shape index (κ1) is 16.6. The van der Waals surface area contributed by atoms with Crippen molar-refractivity contribution >= 4 is 33.1 Å². The molecule has 0 aromatic heterocycles. The molecular formula is C15H17N3O4S. The highest BCUT2D eigenvalue weighted by Gasteiger charge is 2.05. The lowest BCUT2D eigenvalue weighted by molar-refractivity contribution is 0.262. The number of benzene rings is 2. The number of hydrogen-bond donors (Lipinski definition) is 3. The lowest BCUT2D eigenvalue weighted by atomic mass is 10.3. The summed E-state index contributed by atoms with van der Waals surface area (Å²) in [6.45, 7) is 0. The fraction of sp³-hybridized carbons (Fsp3) is 0.133. The van der Waals surface area contributed by atoms with Crippen LogP contribution in [0.2, 0.25) is 0 Å². The number of amides is 2.